The van der Waals surface area contributed by atoms with Crippen molar-refractivity contribution in [1.82, 2.24) is 19.1 Å². The van der Waals surface area contributed by atoms with Gasteiger partial charge in [-0.05, 0) is 53.8 Å². The predicted octanol–water partition coefficient (Wildman–Crippen LogP) is 3.11. The van der Waals surface area contributed by atoms with Crippen molar-refractivity contribution in [3.63, 3.8) is 0 Å². The van der Waals surface area contributed by atoms with Gasteiger partial charge in [0.2, 0.25) is 0 Å². The van der Waals surface area contributed by atoms with Crippen LogP contribution in [0.25, 0.3) is 11.2 Å². The Bertz CT molecular complexity index is 1690. The zero-order chi connectivity index (χ0) is 29.1. The lowest BCUT2D eigenvalue weighted by molar-refractivity contribution is -0.0497. The minimum atomic E-state index is -1.66. The molecule has 212 valence electrons. The molecule has 10 heteroatoms. The normalized spacial score (nSPS) is 12.5. The maximum absolute atomic E-state index is 14.1. The zero-order valence-corrected chi connectivity index (χ0v) is 23.0. The van der Waals surface area contributed by atoms with Crippen LogP contribution in [0.15, 0.2) is 94.8 Å². The summed E-state index contributed by atoms with van der Waals surface area (Å²) >= 11 is 0. The lowest BCUT2D eigenvalue weighted by Gasteiger charge is -2.43. The van der Waals surface area contributed by atoms with Crippen molar-refractivity contribution in [3.8, 4) is 11.5 Å². The summed E-state index contributed by atoms with van der Waals surface area (Å²) in [6, 6.07) is 23.6. The molecule has 0 bridgehead atoms. The van der Waals surface area contributed by atoms with E-state index in [1.54, 1.807) is 21.3 Å². The number of imidazole rings is 1. The highest BCUT2D eigenvalue weighted by Gasteiger charge is 2.46. The van der Waals surface area contributed by atoms with Crippen LogP contribution >= 0.6 is 0 Å². The number of H-pyrrole nitrogens is 1. The van der Waals surface area contributed by atoms with E-state index >= 15 is 0 Å². The number of aliphatic hydroxyl groups is 2. The van der Waals surface area contributed by atoms with Crippen molar-refractivity contribution in [2.75, 3.05) is 14.2 Å². The van der Waals surface area contributed by atoms with Gasteiger partial charge in [0, 0.05) is 7.05 Å². The monoisotopic (exact) mass is 556 g/mol. The third-order valence-corrected chi connectivity index (χ3v) is 7.69. The van der Waals surface area contributed by atoms with Crippen LogP contribution in [-0.2, 0) is 12.5 Å². The SMILES string of the molecule is COc1ccc(C(c2ccccc2)(c2ccc(OC)cc2)C(CCC(O)O)n2c(=O)c3[nH]cnc3n(C)c2=O)cc1. The molecule has 5 rings (SSSR count). The summed E-state index contributed by atoms with van der Waals surface area (Å²) in [5.74, 6) is 1.28. The van der Waals surface area contributed by atoms with Gasteiger partial charge in [-0.25, -0.2) is 9.78 Å². The van der Waals surface area contributed by atoms with Crippen LogP contribution in [0.5, 0.6) is 11.5 Å². The third-order valence-electron chi connectivity index (χ3n) is 7.69. The van der Waals surface area contributed by atoms with Crippen LogP contribution in [0, 0.1) is 0 Å². The van der Waals surface area contributed by atoms with Gasteiger partial charge in [0.15, 0.2) is 11.9 Å². The van der Waals surface area contributed by atoms with Crippen molar-refractivity contribution in [2.45, 2.75) is 30.6 Å². The molecule has 0 fully saturated rings. The number of aromatic amines is 1. The lowest BCUT2D eigenvalue weighted by Crippen LogP contribution is -2.50. The molecule has 0 amide bonds. The molecule has 3 N–H and O–H groups in total. The molecular weight excluding hydrogens is 524 g/mol. The largest absolute Gasteiger partial charge is 0.497 e. The Morgan fingerprint density at radius 1 is 0.829 bits per heavy atom. The minimum absolute atomic E-state index is 0.0689. The van der Waals surface area contributed by atoms with Crippen molar-refractivity contribution in [1.29, 1.82) is 0 Å². The van der Waals surface area contributed by atoms with Crippen molar-refractivity contribution >= 4 is 11.2 Å². The summed E-state index contributed by atoms with van der Waals surface area (Å²) in [6.45, 7) is 0. The Balaban J connectivity index is 1.96. The lowest BCUT2D eigenvalue weighted by atomic mass is 9.63. The quantitative estimate of drug-likeness (QED) is 0.178. The van der Waals surface area contributed by atoms with Gasteiger partial charge in [-0.2, -0.15) is 0 Å². The van der Waals surface area contributed by atoms with E-state index < -0.39 is 29.0 Å². The summed E-state index contributed by atoms with van der Waals surface area (Å²) in [6.07, 6.45) is -0.311. The van der Waals surface area contributed by atoms with Crippen LogP contribution in [0.2, 0.25) is 0 Å². The molecule has 0 radical (unpaired) electrons. The second-order valence-electron chi connectivity index (χ2n) is 9.82. The number of aromatic nitrogens is 4. The second-order valence-corrected chi connectivity index (χ2v) is 9.82. The first-order valence-corrected chi connectivity index (χ1v) is 13.2. The number of hydrogen-bond donors (Lipinski definition) is 3. The molecule has 41 heavy (non-hydrogen) atoms. The van der Waals surface area contributed by atoms with Crippen LogP contribution < -0.4 is 20.7 Å². The van der Waals surface area contributed by atoms with Gasteiger partial charge in [0.05, 0.1) is 32.0 Å². The van der Waals surface area contributed by atoms with Crippen LogP contribution in [-0.4, -0.2) is 49.8 Å². The van der Waals surface area contributed by atoms with E-state index in [9.17, 15) is 19.8 Å². The Labute approximate surface area is 236 Å². The number of rotatable bonds is 10. The van der Waals surface area contributed by atoms with E-state index in [1.807, 2.05) is 78.9 Å². The second kappa shape index (κ2) is 11.4. The minimum Gasteiger partial charge on any atom is -0.497 e. The number of fused-ring (bicyclic) bond motifs is 1. The van der Waals surface area contributed by atoms with Gasteiger partial charge in [0.25, 0.3) is 5.56 Å². The fraction of sp³-hybridized carbons (Fsp3) is 0.258. The maximum Gasteiger partial charge on any atom is 0.332 e. The molecule has 3 aromatic carbocycles. The van der Waals surface area contributed by atoms with Crippen LogP contribution in [0.3, 0.4) is 0 Å². The number of nitrogens with one attached hydrogen (secondary N) is 1. The van der Waals surface area contributed by atoms with E-state index in [4.69, 9.17) is 9.47 Å². The number of methoxy groups -OCH3 is 2. The molecule has 0 aliphatic carbocycles. The van der Waals surface area contributed by atoms with Crippen molar-refractivity contribution in [3.05, 3.63) is 123 Å². The topological polar surface area (TPSA) is 132 Å². The average molecular weight is 557 g/mol. The Morgan fingerprint density at radius 2 is 1.37 bits per heavy atom. The third kappa shape index (κ3) is 4.81. The summed E-state index contributed by atoms with van der Waals surface area (Å²) in [5.41, 5.74) is 0.459. The van der Waals surface area contributed by atoms with Gasteiger partial charge in [-0.1, -0.05) is 54.6 Å². The van der Waals surface area contributed by atoms with Gasteiger partial charge >= 0.3 is 5.69 Å². The van der Waals surface area contributed by atoms with Gasteiger partial charge in [-0.3, -0.25) is 13.9 Å². The molecule has 1 unspecified atom stereocenters. The smallest absolute Gasteiger partial charge is 0.332 e. The number of nitrogens with zero attached hydrogens (tertiary/aromatic N) is 3. The number of aliphatic hydroxyl groups excluding tert-OH is 1. The summed E-state index contributed by atoms with van der Waals surface area (Å²) in [5, 5.41) is 20.1. The number of benzene rings is 3. The highest BCUT2D eigenvalue weighted by molar-refractivity contribution is 5.69. The molecule has 0 aliphatic heterocycles. The molecule has 10 nitrogen and oxygen atoms in total. The molecule has 5 aromatic rings. The van der Waals surface area contributed by atoms with Crippen LogP contribution in [0.1, 0.15) is 35.6 Å². The molecule has 2 heterocycles. The molecule has 0 saturated carbocycles. The molecule has 1 atom stereocenters. The highest BCUT2D eigenvalue weighted by atomic mass is 16.5. The van der Waals surface area contributed by atoms with E-state index in [-0.39, 0.29) is 24.0 Å². The van der Waals surface area contributed by atoms with Crippen LogP contribution in [0.4, 0.5) is 0 Å². The number of aryl methyl sites for hydroxylation is 1. The number of ether oxygens (including phenoxy) is 2. The molecular formula is C31H32N4O6. The fourth-order valence-electron chi connectivity index (χ4n) is 5.77. The maximum atomic E-state index is 14.1. The first-order valence-electron chi connectivity index (χ1n) is 13.2. The Hall–Kier alpha value is -4.67. The molecule has 2 aromatic heterocycles. The summed E-state index contributed by atoms with van der Waals surface area (Å²) < 4.78 is 13.4. The summed E-state index contributed by atoms with van der Waals surface area (Å²) in [7, 11) is 4.72. The molecule has 0 aliphatic rings. The Morgan fingerprint density at radius 3 is 1.88 bits per heavy atom. The number of hydrogen-bond acceptors (Lipinski definition) is 7. The van der Waals surface area contributed by atoms with E-state index in [0.29, 0.717) is 11.5 Å². The van der Waals surface area contributed by atoms with E-state index in [2.05, 4.69) is 9.97 Å². The van der Waals surface area contributed by atoms with E-state index in [0.717, 1.165) is 16.7 Å². The standard InChI is InChI=1S/C31H32N4O6/c1-34-28-27(32-19-33-28)29(38)35(30(34)39)25(17-18-26(36)37)31(20-7-5-4-6-8-20,21-9-13-23(40-2)14-10-21)22-11-15-24(41-3)16-12-22/h4-16,19,25-26,36-37H,17-18H2,1-3H3,(H,32,33). The molecule has 0 saturated heterocycles. The average Bonchev–Trinajstić information content (AvgIpc) is 3.50. The zero-order valence-electron chi connectivity index (χ0n) is 23.0. The van der Waals surface area contributed by atoms with Gasteiger partial charge in [0.1, 0.15) is 17.0 Å². The highest BCUT2D eigenvalue weighted by Crippen LogP contribution is 2.49. The predicted molar refractivity (Wildman–Crippen MR) is 154 cm³/mol. The van der Waals surface area contributed by atoms with Crippen molar-refractivity contribution in [2.24, 2.45) is 7.05 Å². The van der Waals surface area contributed by atoms with Crippen molar-refractivity contribution < 1.29 is 19.7 Å². The van der Waals surface area contributed by atoms with E-state index in [1.165, 1.54) is 15.5 Å². The fourth-order valence-corrected chi connectivity index (χ4v) is 5.77. The first kappa shape index (κ1) is 27.9. The first-order chi connectivity index (χ1) is 19.8. The van der Waals surface area contributed by atoms with Gasteiger partial charge in [-0.15, -0.1) is 0 Å². The summed E-state index contributed by atoms with van der Waals surface area (Å²) in [4.78, 5) is 35.2. The van der Waals surface area contributed by atoms with Gasteiger partial charge < -0.3 is 24.7 Å². The Kier molecular flexibility index (Phi) is 7.78. The molecule has 0 spiro atoms.